The molecule has 20 heavy (non-hydrogen) atoms. The van der Waals surface area contributed by atoms with Gasteiger partial charge in [-0.2, -0.15) is 0 Å². The van der Waals surface area contributed by atoms with Crippen molar-refractivity contribution in [3.8, 4) is 0 Å². The molecule has 0 spiro atoms. The quantitative estimate of drug-likeness (QED) is 0.613. The lowest BCUT2D eigenvalue weighted by atomic mass is 9.80. The van der Waals surface area contributed by atoms with Crippen molar-refractivity contribution in [1.82, 2.24) is 4.72 Å². The minimum absolute atomic E-state index is 0.151. The molecule has 1 aromatic carbocycles. The fourth-order valence-electron chi connectivity index (χ4n) is 1.72. The van der Waals surface area contributed by atoms with Crippen molar-refractivity contribution in [2.24, 2.45) is 0 Å². The lowest BCUT2D eigenvalue weighted by Gasteiger charge is -2.26. The van der Waals surface area contributed by atoms with Gasteiger partial charge in [-0.15, -0.1) is 0 Å². The molecule has 1 rings (SSSR count). The summed E-state index contributed by atoms with van der Waals surface area (Å²) in [5.41, 5.74) is 4.11. The van der Waals surface area contributed by atoms with Gasteiger partial charge in [0.25, 0.3) is 0 Å². The number of nitrogens with zero attached hydrogens (tertiary/aromatic N) is 1. The largest absolute Gasteiger partial charge is 0.216 e. The van der Waals surface area contributed by atoms with Gasteiger partial charge in [-0.3, -0.25) is 0 Å². The van der Waals surface area contributed by atoms with Crippen LogP contribution in [0.1, 0.15) is 73.4 Å². The predicted molar refractivity (Wildman–Crippen MR) is 93.0 cm³/mol. The molecule has 0 amide bonds. The van der Waals surface area contributed by atoms with Crippen molar-refractivity contribution >= 4 is 17.6 Å². The van der Waals surface area contributed by atoms with E-state index >= 15 is 0 Å². The van der Waals surface area contributed by atoms with Crippen LogP contribution in [-0.2, 0) is 10.8 Å². The zero-order valence-corrected chi connectivity index (χ0v) is 15.4. The minimum Gasteiger partial charge on any atom is -0.216 e. The van der Waals surface area contributed by atoms with Gasteiger partial charge in [0, 0.05) is 4.75 Å². The second kappa shape index (κ2) is 5.63. The van der Waals surface area contributed by atoms with E-state index in [0.717, 1.165) is 5.69 Å². The van der Waals surface area contributed by atoms with Crippen LogP contribution in [0.15, 0.2) is 18.2 Å². The highest BCUT2D eigenvalue weighted by Gasteiger charge is 2.21. The Morgan fingerprint density at radius 2 is 1.10 bits per heavy atom. The Kier molecular flexibility index (Phi) is 4.91. The van der Waals surface area contributed by atoms with E-state index in [1.807, 2.05) is 0 Å². The molecule has 0 aromatic heterocycles. The van der Waals surface area contributed by atoms with Gasteiger partial charge in [0.05, 0.1) is 5.69 Å². The lowest BCUT2D eigenvalue weighted by molar-refractivity contribution is 0.568. The molecule has 2 heteroatoms. The number of benzene rings is 1. The van der Waals surface area contributed by atoms with E-state index < -0.39 is 0 Å². The summed E-state index contributed by atoms with van der Waals surface area (Å²) in [4.78, 5) is 0. The van der Waals surface area contributed by atoms with Crippen molar-refractivity contribution in [3.63, 3.8) is 0 Å². The molecule has 1 nitrogen and oxygen atoms in total. The van der Waals surface area contributed by atoms with Crippen LogP contribution in [0.2, 0.25) is 0 Å². The van der Waals surface area contributed by atoms with Crippen molar-refractivity contribution in [3.05, 3.63) is 29.3 Å². The van der Waals surface area contributed by atoms with Crippen LogP contribution in [-0.4, -0.2) is 4.75 Å². The van der Waals surface area contributed by atoms with Crippen LogP contribution >= 0.6 is 11.9 Å². The molecule has 0 atom stereocenters. The molecule has 0 aliphatic heterocycles. The molecule has 0 unspecified atom stereocenters. The van der Waals surface area contributed by atoms with Gasteiger partial charge in [0.1, 0.15) is 0 Å². The minimum atomic E-state index is 0.151. The molecular formula is C18H30NS. The maximum Gasteiger partial charge on any atom is 0.0719 e. The molecule has 1 radical (unpaired) electrons. The first-order valence-corrected chi connectivity index (χ1v) is 8.12. The third kappa shape index (κ3) is 5.40. The van der Waals surface area contributed by atoms with Gasteiger partial charge in [-0.1, -0.05) is 47.6 Å². The van der Waals surface area contributed by atoms with E-state index in [1.54, 1.807) is 11.9 Å². The first kappa shape index (κ1) is 17.4. The highest BCUT2D eigenvalue weighted by atomic mass is 32.2. The van der Waals surface area contributed by atoms with Gasteiger partial charge in [0.2, 0.25) is 0 Å². The molecule has 1 aromatic rings. The molecule has 0 aliphatic rings. The van der Waals surface area contributed by atoms with Crippen LogP contribution in [0.5, 0.6) is 0 Å². The van der Waals surface area contributed by atoms with E-state index in [0.29, 0.717) is 0 Å². The van der Waals surface area contributed by atoms with E-state index in [9.17, 15) is 0 Å². The molecule has 0 saturated carbocycles. The van der Waals surface area contributed by atoms with Crippen LogP contribution < -0.4 is 4.72 Å². The summed E-state index contributed by atoms with van der Waals surface area (Å²) < 4.78 is 4.89. The fraction of sp³-hybridized carbons (Fsp3) is 0.667. The average molecular weight is 293 g/mol. The maximum absolute atomic E-state index is 4.74. The zero-order valence-electron chi connectivity index (χ0n) is 14.6. The summed E-state index contributed by atoms with van der Waals surface area (Å²) in [6.07, 6.45) is 0. The molecule has 0 fully saturated rings. The van der Waals surface area contributed by atoms with Crippen molar-refractivity contribution < 1.29 is 0 Å². The summed E-state index contributed by atoms with van der Waals surface area (Å²) in [5.74, 6) is 0. The van der Waals surface area contributed by atoms with Crippen LogP contribution in [0.4, 0.5) is 5.69 Å². The third-order valence-corrected chi connectivity index (χ3v) is 3.92. The van der Waals surface area contributed by atoms with E-state index in [4.69, 9.17) is 4.72 Å². The van der Waals surface area contributed by atoms with Gasteiger partial charge in [-0.25, -0.2) is 4.72 Å². The Labute approximate surface area is 130 Å². The highest BCUT2D eigenvalue weighted by molar-refractivity contribution is 7.98. The number of hydrogen-bond donors (Lipinski definition) is 0. The number of hydrogen-bond acceptors (Lipinski definition) is 1. The fourth-order valence-corrected chi connectivity index (χ4v) is 2.20. The number of rotatable bonds is 2. The lowest BCUT2D eigenvalue weighted by Crippen LogP contribution is -2.17. The van der Waals surface area contributed by atoms with Gasteiger partial charge in [-0.05, 0) is 66.8 Å². The molecule has 0 N–H and O–H groups in total. The summed E-state index contributed by atoms with van der Waals surface area (Å²) in [5, 5.41) is 0. The predicted octanol–water partition coefficient (Wildman–Crippen LogP) is 5.96. The maximum atomic E-state index is 4.74. The summed E-state index contributed by atoms with van der Waals surface area (Å²) in [6.45, 7) is 20.1. The molecule has 0 saturated heterocycles. The van der Waals surface area contributed by atoms with Gasteiger partial charge >= 0.3 is 0 Å². The Morgan fingerprint density at radius 1 is 0.700 bits per heavy atom. The van der Waals surface area contributed by atoms with Crippen molar-refractivity contribution in [2.75, 3.05) is 0 Å². The Hall–Kier alpha value is -0.630. The molecular weight excluding hydrogens is 262 g/mol. The van der Waals surface area contributed by atoms with E-state index in [2.05, 4.69) is 80.5 Å². The Balaban J connectivity index is 3.18. The van der Waals surface area contributed by atoms with Crippen LogP contribution in [0, 0.1) is 0 Å². The van der Waals surface area contributed by atoms with Crippen LogP contribution in [0.25, 0.3) is 0 Å². The smallest absolute Gasteiger partial charge is 0.0719 e. The van der Waals surface area contributed by atoms with E-state index in [-0.39, 0.29) is 15.6 Å². The highest BCUT2D eigenvalue weighted by Crippen LogP contribution is 2.34. The SMILES string of the molecule is CC(C)(C)S[N]c1cc(C(C)(C)C)cc(C(C)(C)C)c1. The molecule has 0 aliphatic carbocycles. The average Bonchev–Trinajstić information content (AvgIpc) is 2.22. The van der Waals surface area contributed by atoms with Crippen molar-refractivity contribution in [2.45, 2.75) is 77.9 Å². The Morgan fingerprint density at radius 3 is 1.40 bits per heavy atom. The van der Waals surface area contributed by atoms with Crippen LogP contribution in [0.3, 0.4) is 0 Å². The second-order valence-corrected chi connectivity index (χ2v) is 10.2. The zero-order chi connectivity index (χ0) is 15.8. The summed E-state index contributed by atoms with van der Waals surface area (Å²) in [7, 11) is 0. The monoisotopic (exact) mass is 292 g/mol. The summed E-state index contributed by atoms with van der Waals surface area (Å²) in [6, 6.07) is 6.79. The Bertz CT molecular complexity index is 424. The first-order chi connectivity index (χ1) is 8.79. The molecule has 0 heterocycles. The second-order valence-electron chi connectivity index (χ2n) is 8.56. The normalized spacial score (nSPS) is 13.4. The van der Waals surface area contributed by atoms with Crippen molar-refractivity contribution in [1.29, 1.82) is 0 Å². The standard InChI is InChI=1S/C18H30NS/c1-16(2,3)13-10-14(17(4,5)6)12-15(11-13)19-20-18(7,8)9/h10-12H,1-9H3. The van der Waals surface area contributed by atoms with Gasteiger partial charge in [0.15, 0.2) is 0 Å². The third-order valence-electron chi connectivity index (χ3n) is 3.07. The molecule has 0 bridgehead atoms. The summed E-state index contributed by atoms with van der Waals surface area (Å²) >= 11 is 1.65. The van der Waals surface area contributed by atoms with Gasteiger partial charge < -0.3 is 0 Å². The molecule has 113 valence electrons. The topological polar surface area (TPSA) is 14.1 Å². The van der Waals surface area contributed by atoms with E-state index in [1.165, 1.54) is 11.1 Å². The first-order valence-electron chi connectivity index (χ1n) is 7.34.